The van der Waals surface area contributed by atoms with Crippen LogP contribution in [0, 0.1) is 5.82 Å². The van der Waals surface area contributed by atoms with E-state index in [1.807, 2.05) is 0 Å². The molecule has 3 rings (SSSR count). The fourth-order valence-corrected chi connectivity index (χ4v) is 2.40. The molecule has 1 aromatic heterocycles. The molecule has 0 amide bonds. The number of halogens is 2. The highest BCUT2D eigenvalue weighted by Crippen LogP contribution is 2.33. The Labute approximate surface area is 146 Å². The standard InChI is InChI=1S/C16H12ClFN4O3/c17-8-1-2-11(13(3-8)25-6-14(23)24)22-16-15-10(18)4-9(19)5-12(15)20-7-21-16/h1-5,7H,6,19H2,(H,23,24)(H,20,21,22). The molecule has 3 aromatic rings. The van der Waals surface area contributed by atoms with Gasteiger partial charge in [0, 0.05) is 16.8 Å². The van der Waals surface area contributed by atoms with Crippen LogP contribution < -0.4 is 15.8 Å². The van der Waals surface area contributed by atoms with Crippen molar-refractivity contribution in [2.24, 2.45) is 0 Å². The van der Waals surface area contributed by atoms with Crippen LogP contribution in [-0.2, 0) is 4.79 Å². The van der Waals surface area contributed by atoms with Gasteiger partial charge in [0.05, 0.1) is 16.6 Å². The highest BCUT2D eigenvalue weighted by Gasteiger charge is 2.13. The number of hydrogen-bond donors (Lipinski definition) is 3. The van der Waals surface area contributed by atoms with E-state index < -0.39 is 18.4 Å². The van der Waals surface area contributed by atoms with Gasteiger partial charge in [0.2, 0.25) is 0 Å². The summed E-state index contributed by atoms with van der Waals surface area (Å²) in [5, 5.41) is 12.2. The molecule has 9 heteroatoms. The zero-order valence-corrected chi connectivity index (χ0v) is 13.4. The van der Waals surface area contributed by atoms with E-state index in [-0.39, 0.29) is 22.6 Å². The topological polar surface area (TPSA) is 110 Å². The lowest BCUT2D eigenvalue weighted by Crippen LogP contribution is -2.10. The number of anilines is 3. The molecule has 0 spiro atoms. The van der Waals surface area contributed by atoms with Crippen LogP contribution in [0.5, 0.6) is 5.75 Å². The van der Waals surface area contributed by atoms with Gasteiger partial charge in [0.1, 0.15) is 23.7 Å². The van der Waals surface area contributed by atoms with E-state index in [4.69, 9.17) is 27.2 Å². The monoisotopic (exact) mass is 362 g/mol. The van der Waals surface area contributed by atoms with E-state index in [2.05, 4.69) is 15.3 Å². The Kier molecular flexibility index (Phi) is 4.53. The minimum absolute atomic E-state index is 0.149. The van der Waals surface area contributed by atoms with Gasteiger partial charge in [-0.1, -0.05) is 11.6 Å². The van der Waals surface area contributed by atoms with Crippen molar-refractivity contribution in [1.29, 1.82) is 0 Å². The van der Waals surface area contributed by atoms with Crippen molar-refractivity contribution in [2.45, 2.75) is 0 Å². The molecule has 0 aliphatic rings. The van der Waals surface area contributed by atoms with Crippen molar-refractivity contribution in [1.82, 2.24) is 9.97 Å². The average Bonchev–Trinajstić information content (AvgIpc) is 2.54. The maximum atomic E-state index is 14.3. The van der Waals surface area contributed by atoms with E-state index in [1.165, 1.54) is 24.5 Å². The summed E-state index contributed by atoms with van der Waals surface area (Å²) >= 11 is 5.92. The van der Waals surface area contributed by atoms with E-state index in [1.54, 1.807) is 12.1 Å². The van der Waals surface area contributed by atoms with Gasteiger partial charge in [-0.2, -0.15) is 0 Å². The maximum Gasteiger partial charge on any atom is 0.341 e. The molecule has 0 atom stereocenters. The summed E-state index contributed by atoms with van der Waals surface area (Å²) in [4.78, 5) is 18.8. The predicted octanol–water partition coefficient (Wildman–Crippen LogP) is 3.21. The third-order valence-electron chi connectivity index (χ3n) is 3.26. The molecule has 2 aromatic carbocycles. The van der Waals surface area contributed by atoms with Crippen LogP contribution in [0.25, 0.3) is 10.9 Å². The van der Waals surface area contributed by atoms with Gasteiger partial charge in [0.15, 0.2) is 6.61 Å². The lowest BCUT2D eigenvalue weighted by Gasteiger charge is -2.14. The number of nitrogen functional groups attached to an aromatic ring is 1. The SMILES string of the molecule is Nc1cc(F)c2c(Nc3ccc(Cl)cc3OCC(=O)O)ncnc2c1. The summed E-state index contributed by atoms with van der Waals surface area (Å²) in [5.74, 6) is -1.34. The summed E-state index contributed by atoms with van der Waals surface area (Å²) in [6, 6.07) is 7.29. The fourth-order valence-electron chi connectivity index (χ4n) is 2.24. The Morgan fingerprint density at radius 3 is 2.88 bits per heavy atom. The molecule has 0 fully saturated rings. The number of carboxylic acid groups (broad SMARTS) is 1. The fraction of sp³-hybridized carbons (Fsp3) is 0.0625. The number of nitrogens with zero attached hydrogens (tertiary/aromatic N) is 2. The summed E-state index contributed by atoms with van der Waals surface area (Å²) in [7, 11) is 0. The van der Waals surface area contributed by atoms with Crippen LogP contribution >= 0.6 is 11.6 Å². The summed E-state index contributed by atoms with van der Waals surface area (Å²) in [6.07, 6.45) is 1.26. The van der Waals surface area contributed by atoms with E-state index >= 15 is 0 Å². The number of ether oxygens (including phenoxy) is 1. The van der Waals surface area contributed by atoms with Gasteiger partial charge in [-0.3, -0.25) is 0 Å². The molecule has 1 heterocycles. The van der Waals surface area contributed by atoms with Crippen LogP contribution in [0.4, 0.5) is 21.6 Å². The summed E-state index contributed by atoms with van der Waals surface area (Å²) in [5.41, 5.74) is 6.57. The molecule has 4 N–H and O–H groups in total. The van der Waals surface area contributed by atoms with Crippen LogP contribution in [0.15, 0.2) is 36.7 Å². The highest BCUT2D eigenvalue weighted by molar-refractivity contribution is 6.30. The first kappa shape index (κ1) is 16.7. The van der Waals surface area contributed by atoms with Gasteiger partial charge in [0.25, 0.3) is 0 Å². The Morgan fingerprint density at radius 1 is 1.32 bits per heavy atom. The van der Waals surface area contributed by atoms with Gasteiger partial charge in [-0.05, 0) is 24.3 Å². The molecular formula is C16H12ClFN4O3. The van der Waals surface area contributed by atoms with Crippen molar-refractivity contribution in [2.75, 3.05) is 17.7 Å². The van der Waals surface area contributed by atoms with Gasteiger partial charge in [-0.15, -0.1) is 0 Å². The maximum absolute atomic E-state index is 14.3. The molecule has 0 saturated heterocycles. The third-order valence-corrected chi connectivity index (χ3v) is 3.50. The van der Waals surface area contributed by atoms with Crippen molar-refractivity contribution < 1.29 is 19.0 Å². The average molecular weight is 363 g/mol. The number of fused-ring (bicyclic) bond motifs is 1. The normalized spacial score (nSPS) is 10.6. The van der Waals surface area contributed by atoms with Gasteiger partial charge < -0.3 is 20.9 Å². The number of rotatable bonds is 5. The quantitative estimate of drug-likeness (QED) is 0.597. The van der Waals surface area contributed by atoms with Crippen molar-refractivity contribution in [3.05, 3.63) is 47.5 Å². The number of benzene rings is 2. The summed E-state index contributed by atoms with van der Waals surface area (Å²) in [6.45, 7) is -0.551. The van der Waals surface area contributed by atoms with Crippen LogP contribution in [-0.4, -0.2) is 27.7 Å². The molecule has 128 valence electrons. The molecule has 7 nitrogen and oxygen atoms in total. The number of carboxylic acids is 1. The smallest absolute Gasteiger partial charge is 0.341 e. The zero-order chi connectivity index (χ0) is 18.0. The second kappa shape index (κ2) is 6.78. The van der Waals surface area contributed by atoms with Crippen LogP contribution in [0.3, 0.4) is 0 Å². The Balaban J connectivity index is 2.03. The molecule has 0 aliphatic carbocycles. The second-order valence-corrected chi connectivity index (χ2v) is 5.50. The molecule has 0 radical (unpaired) electrons. The number of nitrogens with one attached hydrogen (secondary N) is 1. The Hall–Kier alpha value is -3.13. The number of carbonyl (C=O) groups is 1. The van der Waals surface area contributed by atoms with Gasteiger partial charge in [-0.25, -0.2) is 19.2 Å². The first-order valence-corrected chi connectivity index (χ1v) is 7.43. The first-order chi connectivity index (χ1) is 11.9. The summed E-state index contributed by atoms with van der Waals surface area (Å²) < 4.78 is 19.5. The number of aliphatic carboxylic acids is 1. The van der Waals surface area contributed by atoms with E-state index in [9.17, 15) is 9.18 Å². The number of nitrogens with two attached hydrogens (primary N) is 1. The lowest BCUT2D eigenvalue weighted by molar-refractivity contribution is -0.139. The largest absolute Gasteiger partial charge is 0.480 e. The van der Waals surface area contributed by atoms with Crippen molar-refractivity contribution >= 4 is 45.7 Å². The van der Waals surface area contributed by atoms with Crippen LogP contribution in [0.2, 0.25) is 5.02 Å². The second-order valence-electron chi connectivity index (χ2n) is 5.07. The minimum Gasteiger partial charge on any atom is -0.480 e. The first-order valence-electron chi connectivity index (χ1n) is 7.05. The Bertz CT molecular complexity index is 968. The Morgan fingerprint density at radius 2 is 2.12 bits per heavy atom. The molecule has 0 unspecified atom stereocenters. The predicted molar refractivity (Wildman–Crippen MR) is 91.8 cm³/mol. The van der Waals surface area contributed by atoms with Crippen LogP contribution in [0.1, 0.15) is 0 Å². The minimum atomic E-state index is -1.14. The van der Waals surface area contributed by atoms with Crippen molar-refractivity contribution in [3.63, 3.8) is 0 Å². The van der Waals surface area contributed by atoms with Gasteiger partial charge >= 0.3 is 5.97 Å². The zero-order valence-electron chi connectivity index (χ0n) is 12.7. The third kappa shape index (κ3) is 3.69. The van der Waals surface area contributed by atoms with E-state index in [0.717, 1.165) is 0 Å². The molecule has 0 bridgehead atoms. The number of hydrogen-bond acceptors (Lipinski definition) is 6. The molecule has 0 aliphatic heterocycles. The highest BCUT2D eigenvalue weighted by atomic mass is 35.5. The molecular weight excluding hydrogens is 351 g/mol. The number of aromatic nitrogens is 2. The molecule has 25 heavy (non-hydrogen) atoms. The molecule has 0 saturated carbocycles. The van der Waals surface area contributed by atoms with Crippen molar-refractivity contribution in [3.8, 4) is 5.75 Å². The van der Waals surface area contributed by atoms with E-state index in [0.29, 0.717) is 16.2 Å². The lowest BCUT2D eigenvalue weighted by atomic mass is 10.2.